The van der Waals surface area contributed by atoms with E-state index in [1.165, 1.54) is 58.3 Å². The zero-order valence-electron chi connectivity index (χ0n) is 12.6. The monoisotopic (exact) mass is 263 g/mol. The van der Waals surface area contributed by atoms with E-state index in [-0.39, 0.29) is 0 Å². The topological polar surface area (TPSA) is 18.5 Å². The fourth-order valence-corrected chi connectivity index (χ4v) is 4.38. The lowest BCUT2D eigenvalue weighted by atomic mass is 9.90. The van der Waals surface area contributed by atoms with Crippen LogP contribution in [0.15, 0.2) is 0 Å². The summed E-state index contributed by atoms with van der Waals surface area (Å²) in [5.74, 6) is 0.948. The quantitative estimate of drug-likeness (QED) is 0.836. The van der Waals surface area contributed by atoms with Crippen molar-refractivity contribution >= 4 is 0 Å². The van der Waals surface area contributed by atoms with Crippen molar-refractivity contribution in [3.8, 4) is 0 Å². The predicted molar refractivity (Wildman–Crippen MR) is 78.3 cm³/mol. The summed E-state index contributed by atoms with van der Waals surface area (Å²) < 4.78 is 0. The maximum Gasteiger partial charge on any atom is 0.0309 e. The molecule has 0 aromatic carbocycles. The van der Waals surface area contributed by atoms with Gasteiger partial charge in [-0.05, 0) is 51.9 Å². The van der Waals surface area contributed by atoms with Crippen molar-refractivity contribution in [2.24, 2.45) is 5.92 Å². The Bertz CT molecular complexity index is 350. The normalized spacial score (nSPS) is 45.8. The molecule has 4 fully saturated rings. The smallest absolute Gasteiger partial charge is 0.0309 e. The molecular formula is C16H29N3. The van der Waals surface area contributed by atoms with Gasteiger partial charge in [0.1, 0.15) is 0 Å². The van der Waals surface area contributed by atoms with Crippen molar-refractivity contribution in [1.82, 2.24) is 15.1 Å². The standard InChI is InChI=1S/C16H29N3/c1-12-9-17-16(2,13-3-4-13)11-19(12)15-7-8-18(10-15)14-5-6-14/h12-15,17H,3-11H2,1-2H3. The molecule has 0 amide bonds. The van der Waals surface area contributed by atoms with Gasteiger partial charge >= 0.3 is 0 Å². The Labute approximate surface area is 117 Å². The first-order valence-corrected chi connectivity index (χ1v) is 8.40. The lowest BCUT2D eigenvalue weighted by molar-refractivity contribution is 0.0483. The molecule has 2 saturated carbocycles. The van der Waals surface area contributed by atoms with E-state index in [4.69, 9.17) is 0 Å². The highest BCUT2D eigenvalue weighted by Crippen LogP contribution is 2.42. The first-order valence-electron chi connectivity index (χ1n) is 8.40. The molecule has 0 aromatic heterocycles. The molecule has 0 spiro atoms. The second-order valence-electron chi connectivity index (χ2n) is 7.76. The van der Waals surface area contributed by atoms with Gasteiger partial charge in [0.05, 0.1) is 0 Å². The van der Waals surface area contributed by atoms with Gasteiger partial charge in [0.25, 0.3) is 0 Å². The number of nitrogens with zero attached hydrogens (tertiary/aromatic N) is 2. The SMILES string of the molecule is CC1CNC(C)(C2CC2)CN1C1CCN(C2CC2)C1. The Morgan fingerprint density at radius 1 is 1.05 bits per heavy atom. The summed E-state index contributed by atoms with van der Waals surface area (Å²) in [5, 5.41) is 3.85. The maximum atomic E-state index is 3.85. The van der Waals surface area contributed by atoms with Crippen LogP contribution in [0.2, 0.25) is 0 Å². The van der Waals surface area contributed by atoms with Crippen LogP contribution in [-0.2, 0) is 0 Å². The maximum absolute atomic E-state index is 3.85. The first kappa shape index (κ1) is 12.6. The Kier molecular flexibility index (Phi) is 2.95. The molecule has 3 heteroatoms. The van der Waals surface area contributed by atoms with Crippen LogP contribution in [0.25, 0.3) is 0 Å². The number of nitrogens with one attached hydrogen (secondary N) is 1. The van der Waals surface area contributed by atoms with E-state index in [9.17, 15) is 0 Å². The summed E-state index contributed by atoms with van der Waals surface area (Å²) >= 11 is 0. The van der Waals surface area contributed by atoms with Crippen molar-refractivity contribution in [2.45, 2.75) is 69.6 Å². The molecule has 2 saturated heterocycles. The third-order valence-electron chi connectivity index (χ3n) is 6.08. The van der Waals surface area contributed by atoms with Crippen LogP contribution in [0.1, 0.15) is 46.0 Å². The Hall–Kier alpha value is -0.120. The molecule has 0 radical (unpaired) electrons. The minimum absolute atomic E-state index is 0.402. The molecule has 1 N–H and O–H groups in total. The highest BCUT2D eigenvalue weighted by Gasteiger charge is 2.47. The van der Waals surface area contributed by atoms with Gasteiger partial charge in [0, 0.05) is 49.8 Å². The van der Waals surface area contributed by atoms with E-state index >= 15 is 0 Å². The van der Waals surface area contributed by atoms with Crippen LogP contribution in [0, 0.1) is 5.92 Å². The van der Waals surface area contributed by atoms with Gasteiger partial charge in [0.2, 0.25) is 0 Å². The Morgan fingerprint density at radius 2 is 1.84 bits per heavy atom. The molecule has 108 valence electrons. The van der Waals surface area contributed by atoms with Gasteiger partial charge in [-0.2, -0.15) is 0 Å². The van der Waals surface area contributed by atoms with Crippen molar-refractivity contribution in [3.05, 3.63) is 0 Å². The fraction of sp³-hybridized carbons (Fsp3) is 1.00. The van der Waals surface area contributed by atoms with Crippen molar-refractivity contribution in [3.63, 3.8) is 0 Å². The summed E-state index contributed by atoms with van der Waals surface area (Å²) in [5.41, 5.74) is 0.402. The van der Waals surface area contributed by atoms with Crippen LogP contribution in [0.5, 0.6) is 0 Å². The molecule has 2 aliphatic carbocycles. The lowest BCUT2D eigenvalue weighted by Crippen LogP contribution is -2.65. The van der Waals surface area contributed by atoms with Crippen molar-refractivity contribution < 1.29 is 0 Å². The molecule has 2 heterocycles. The average molecular weight is 263 g/mol. The Morgan fingerprint density at radius 3 is 2.53 bits per heavy atom. The Balaban J connectivity index is 1.43. The summed E-state index contributed by atoms with van der Waals surface area (Å²) in [6.07, 6.45) is 7.23. The van der Waals surface area contributed by atoms with Gasteiger partial charge in [-0.15, -0.1) is 0 Å². The van der Waals surface area contributed by atoms with E-state index in [1.807, 2.05) is 0 Å². The van der Waals surface area contributed by atoms with E-state index < -0.39 is 0 Å². The number of piperazine rings is 1. The van der Waals surface area contributed by atoms with E-state index in [0.717, 1.165) is 24.0 Å². The van der Waals surface area contributed by atoms with Gasteiger partial charge in [0.15, 0.2) is 0 Å². The lowest BCUT2D eigenvalue weighted by Gasteiger charge is -2.48. The predicted octanol–water partition coefficient (Wildman–Crippen LogP) is 1.69. The molecule has 4 aliphatic rings. The zero-order chi connectivity index (χ0) is 13.0. The summed E-state index contributed by atoms with van der Waals surface area (Å²) in [6, 6.07) is 2.50. The molecule has 4 rings (SSSR count). The summed E-state index contributed by atoms with van der Waals surface area (Å²) in [7, 11) is 0. The summed E-state index contributed by atoms with van der Waals surface area (Å²) in [4.78, 5) is 5.60. The average Bonchev–Trinajstić information content (AvgIpc) is 3.30. The number of hydrogen-bond acceptors (Lipinski definition) is 3. The molecule has 3 atom stereocenters. The molecule has 19 heavy (non-hydrogen) atoms. The van der Waals surface area contributed by atoms with Crippen LogP contribution >= 0.6 is 0 Å². The van der Waals surface area contributed by atoms with Gasteiger partial charge in [-0.3, -0.25) is 9.80 Å². The van der Waals surface area contributed by atoms with E-state index in [0.29, 0.717) is 5.54 Å². The zero-order valence-corrected chi connectivity index (χ0v) is 12.6. The minimum atomic E-state index is 0.402. The minimum Gasteiger partial charge on any atom is -0.308 e. The van der Waals surface area contributed by atoms with Crippen LogP contribution in [0.3, 0.4) is 0 Å². The third kappa shape index (κ3) is 2.34. The van der Waals surface area contributed by atoms with E-state index in [1.54, 1.807) is 0 Å². The summed E-state index contributed by atoms with van der Waals surface area (Å²) in [6.45, 7) is 10.0. The number of hydrogen-bond donors (Lipinski definition) is 1. The fourth-order valence-electron chi connectivity index (χ4n) is 4.38. The molecule has 2 aliphatic heterocycles. The second kappa shape index (κ2) is 4.44. The molecule has 3 nitrogen and oxygen atoms in total. The molecular weight excluding hydrogens is 234 g/mol. The highest BCUT2D eigenvalue weighted by molar-refractivity contribution is 5.05. The highest BCUT2D eigenvalue weighted by atomic mass is 15.3. The van der Waals surface area contributed by atoms with Gasteiger partial charge in [-0.1, -0.05) is 0 Å². The number of likely N-dealkylation sites (tertiary alicyclic amines) is 1. The van der Waals surface area contributed by atoms with Crippen LogP contribution in [-0.4, -0.2) is 59.6 Å². The molecule has 3 unspecified atom stereocenters. The van der Waals surface area contributed by atoms with Crippen molar-refractivity contribution in [1.29, 1.82) is 0 Å². The van der Waals surface area contributed by atoms with Gasteiger partial charge in [-0.25, -0.2) is 0 Å². The van der Waals surface area contributed by atoms with Crippen LogP contribution < -0.4 is 5.32 Å². The second-order valence-corrected chi connectivity index (χ2v) is 7.76. The largest absolute Gasteiger partial charge is 0.308 e. The first-order chi connectivity index (χ1) is 9.16. The van der Waals surface area contributed by atoms with Crippen LogP contribution in [0.4, 0.5) is 0 Å². The van der Waals surface area contributed by atoms with Crippen molar-refractivity contribution in [2.75, 3.05) is 26.2 Å². The van der Waals surface area contributed by atoms with E-state index in [2.05, 4.69) is 29.0 Å². The molecule has 0 aromatic rings. The number of rotatable bonds is 3. The third-order valence-corrected chi connectivity index (χ3v) is 6.08. The molecule has 0 bridgehead atoms. The van der Waals surface area contributed by atoms with Gasteiger partial charge < -0.3 is 5.32 Å².